The Labute approximate surface area is 154 Å². The molecule has 1 aromatic carbocycles. The zero-order chi connectivity index (χ0) is 18.1. The van der Waals surface area contributed by atoms with Gasteiger partial charge in [-0.1, -0.05) is 12.1 Å². The minimum absolute atomic E-state index is 0.349. The molecule has 25 heavy (non-hydrogen) atoms. The van der Waals surface area contributed by atoms with Gasteiger partial charge in [0.15, 0.2) is 0 Å². The normalized spacial score (nSPS) is 16.1. The first kappa shape index (κ1) is 19.6. The predicted molar refractivity (Wildman–Crippen MR) is 104 cm³/mol. The van der Waals surface area contributed by atoms with Crippen LogP contribution in [0.5, 0.6) is 0 Å². The van der Waals surface area contributed by atoms with E-state index in [0.29, 0.717) is 6.54 Å². The number of carbonyl (C=O) groups is 2. The maximum absolute atomic E-state index is 11.9. The lowest BCUT2D eigenvalue weighted by Crippen LogP contribution is -2.45. The van der Waals surface area contributed by atoms with Crippen LogP contribution in [-0.2, 0) is 11.2 Å². The van der Waals surface area contributed by atoms with Gasteiger partial charge in [-0.15, -0.1) is 0 Å². The molecule has 1 aliphatic rings. The molecule has 7 heteroatoms. The fourth-order valence-corrected chi connectivity index (χ4v) is 3.60. The molecule has 3 N–H and O–H groups in total. The summed E-state index contributed by atoms with van der Waals surface area (Å²) in [6.45, 7) is 7.48. The SMILES string of the molecule is CCNC(=O)NC(=O)[C@H](C)Nc1ccc(CCN2CCSCC2)cc1. The van der Waals surface area contributed by atoms with Crippen molar-refractivity contribution in [3.05, 3.63) is 29.8 Å². The molecular weight excluding hydrogens is 336 g/mol. The second-order valence-corrected chi connectivity index (χ2v) is 7.34. The van der Waals surface area contributed by atoms with E-state index in [1.54, 1.807) is 13.8 Å². The smallest absolute Gasteiger partial charge is 0.321 e. The van der Waals surface area contributed by atoms with Crippen LogP contribution in [0.25, 0.3) is 0 Å². The molecule has 1 fully saturated rings. The van der Waals surface area contributed by atoms with Crippen molar-refractivity contribution in [1.82, 2.24) is 15.5 Å². The maximum Gasteiger partial charge on any atom is 0.321 e. The predicted octanol–water partition coefficient (Wildman–Crippen LogP) is 1.92. The van der Waals surface area contributed by atoms with Gasteiger partial charge in [0.05, 0.1) is 0 Å². The Morgan fingerprint density at radius 2 is 1.88 bits per heavy atom. The van der Waals surface area contributed by atoms with Crippen molar-refractivity contribution in [3.63, 3.8) is 0 Å². The number of hydrogen-bond acceptors (Lipinski definition) is 5. The van der Waals surface area contributed by atoms with E-state index in [0.717, 1.165) is 18.7 Å². The number of amides is 3. The van der Waals surface area contributed by atoms with E-state index in [2.05, 4.69) is 33.0 Å². The second kappa shape index (κ2) is 10.3. The molecule has 3 amide bonds. The van der Waals surface area contributed by atoms with Gasteiger partial charge in [-0.3, -0.25) is 10.1 Å². The molecule has 138 valence electrons. The van der Waals surface area contributed by atoms with Gasteiger partial charge in [0.2, 0.25) is 5.91 Å². The summed E-state index contributed by atoms with van der Waals surface area (Å²) in [5, 5.41) is 7.97. The Morgan fingerprint density at radius 1 is 1.20 bits per heavy atom. The average Bonchev–Trinajstić information content (AvgIpc) is 2.62. The van der Waals surface area contributed by atoms with Gasteiger partial charge in [0.25, 0.3) is 0 Å². The number of benzene rings is 1. The molecule has 0 aromatic heterocycles. The Kier molecular flexibility index (Phi) is 8.08. The minimum atomic E-state index is -0.487. The molecule has 2 rings (SSSR count). The summed E-state index contributed by atoms with van der Waals surface area (Å²) < 4.78 is 0. The molecule has 0 unspecified atom stereocenters. The standard InChI is InChI=1S/C18H28N4O2S/c1-3-19-18(24)21-17(23)14(2)20-16-6-4-15(5-7-16)8-9-22-10-12-25-13-11-22/h4-7,14,20H,3,8-13H2,1-2H3,(H2,19,21,23,24)/t14-/m0/s1. The van der Waals surface area contributed by atoms with Crippen molar-refractivity contribution >= 4 is 29.4 Å². The van der Waals surface area contributed by atoms with Crippen LogP contribution in [-0.4, -0.2) is 60.6 Å². The topological polar surface area (TPSA) is 73.5 Å². The molecule has 1 heterocycles. The van der Waals surface area contributed by atoms with Gasteiger partial charge in [-0.2, -0.15) is 11.8 Å². The fourth-order valence-electron chi connectivity index (χ4n) is 2.62. The van der Waals surface area contributed by atoms with Crippen molar-refractivity contribution < 1.29 is 9.59 Å². The Hall–Kier alpha value is -1.73. The largest absolute Gasteiger partial charge is 0.374 e. The monoisotopic (exact) mass is 364 g/mol. The van der Waals surface area contributed by atoms with Crippen molar-refractivity contribution in [1.29, 1.82) is 0 Å². The van der Waals surface area contributed by atoms with Crippen LogP contribution in [0.3, 0.4) is 0 Å². The molecule has 0 saturated carbocycles. The van der Waals surface area contributed by atoms with E-state index >= 15 is 0 Å². The Morgan fingerprint density at radius 3 is 2.52 bits per heavy atom. The van der Waals surface area contributed by atoms with Crippen molar-refractivity contribution in [2.24, 2.45) is 0 Å². The molecule has 1 aromatic rings. The summed E-state index contributed by atoms with van der Waals surface area (Å²) in [7, 11) is 0. The highest BCUT2D eigenvalue weighted by Crippen LogP contribution is 2.13. The van der Waals surface area contributed by atoms with Crippen molar-refractivity contribution in [3.8, 4) is 0 Å². The quantitative estimate of drug-likeness (QED) is 0.689. The molecule has 0 bridgehead atoms. The van der Waals surface area contributed by atoms with Crippen LogP contribution < -0.4 is 16.0 Å². The van der Waals surface area contributed by atoms with Gasteiger partial charge in [-0.25, -0.2) is 4.79 Å². The number of rotatable bonds is 7. The number of imide groups is 1. The van der Waals surface area contributed by atoms with Crippen LogP contribution in [0.1, 0.15) is 19.4 Å². The lowest BCUT2D eigenvalue weighted by atomic mass is 10.1. The number of anilines is 1. The molecule has 6 nitrogen and oxygen atoms in total. The first-order chi connectivity index (χ1) is 12.1. The maximum atomic E-state index is 11.9. The summed E-state index contributed by atoms with van der Waals surface area (Å²) in [5.41, 5.74) is 2.17. The third-order valence-electron chi connectivity index (χ3n) is 4.12. The Bertz CT molecular complexity index is 559. The van der Waals surface area contributed by atoms with Gasteiger partial charge < -0.3 is 15.5 Å². The van der Waals surface area contributed by atoms with Crippen LogP contribution in [0.4, 0.5) is 10.5 Å². The number of carbonyl (C=O) groups excluding carboxylic acids is 2. The van der Waals surface area contributed by atoms with Crippen LogP contribution in [0.2, 0.25) is 0 Å². The molecule has 1 aliphatic heterocycles. The lowest BCUT2D eigenvalue weighted by Gasteiger charge is -2.26. The second-order valence-electron chi connectivity index (χ2n) is 6.12. The third-order valence-corrected chi connectivity index (χ3v) is 5.07. The molecule has 0 radical (unpaired) electrons. The number of thioether (sulfide) groups is 1. The number of hydrogen-bond donors (Lipinski definition) is 3. The van der Waals surface area contributed by atoms with Gasteiger partial charge in [0, 0.05) is 43.4 Å². The zero-order valence-electron chi connectivity index (χ0n) is 15.0. The molecule has 1 saturated heterocycles. The Balaban J connectivity index is 1.76. The minimum Gasteiger partial charge on any atom is -0.374 e. The summed E-state index contributed by atoms with van der Waals surface area (Å²) >= 11 is 2.03. The molecule has 0 aliphatic carbocycles. The number of urea groups is 1. The molecule has 1 atom stereocenters. The van der Waals surface area contributed by atoms with Gasteiger partial charge in [0.1, 0.15) is 6.04 Å². The average molecular weight is 365 g/mol. The van der Waals surface area contributed by atoms with Crippen LogP contribution in [0.15, 0.2) is 24.3 Å². The summed E-state index contributed by atoms with van der Waals surface area (Å²) in [4.78, 5) is 25.8. The highest BCUT2D eigenvalue weighted by atomic mass is 32.2. The third kappa shape index (κ3) is 6.96. The van der Waals surface area contributed by atoms with Crippen molar-refractivity contribution in [2.75, 3.05) is 43.0 Å². The number of nitrogens with one attached hydrogen (secondary N) is 3. The fraction of sp³-hybridized carbons (Fsp3) is 0.556. The summed E-state index contributed by atoms with van der Waals surface area (Å²) in [6, 6.07) is 7.20. The highest BCUT2D eigenvalue weighted by Gasteiger charge is 2.15. The zero-order valence-corrected chi connectivity index (χ0v) is 15.8. The first-order valence-electron chi connectivity index (χ1n) is 8.82. The summed E-state index contributed by atoms with van der Waals surface area (Å²) in [5.74, 6) is 2.12. The van der Waals surface area contributed by atoms with E-state index in [4.69, 9.17) is 0 Å². The van der Waals surface area contributed by atoms with Gasteiger partial charge >= 0.3 is 6.03 Å². The van der Waals surface area contributed by atoms with E-state index in [1.807, 2.05) is 23.9 Å². The molecule has 0 spiro atoms. The lowest BCUT2D eigenvalue weighted by molar-refractivity contribution is -0.120. The van der Waals surface area contributed by atoms with Crippen LogP contribution >= 0.6 is 11.8 Å². The van der Waals surface area contributed by atoms with E-state index in [1.165, 1.54) is 30.2 Å². The van der Waals surface area contributed by atoms with E-state index < -0.39 is 12.1 Å². The number of nitrogens with zero attached hydrogens (tertiary/aromatic N) is 1. The van der Waals surface area contributed by atoms with E-state index in [-0.39, 0.29) is 5.91 Å². The van der Waals surface area contributed by atoms with E-state index in [9.17, 15) is 9.59 Å². The van der Waals surface area contributed by atoms with Crippen LogP contribution in [0, 0.1) is 0 Å². The highest BCUT2D eigenvalue weighted by molar-refractivity contribution is 7.99. The van der Waals surface area contributed by atoms with Crippen molar-refractivity contribution in [2.45, 2.75) is 26.3 Å². The summed E-state index contributed by atoms with van der Waals surface area (Å²) in [6.07, 6.45) is 1.04. The first-order valence-corrected chi connectivity index (χ1v) is 9.98. The van der Waals surface area contributed by atoms with Gasteiger partial charge in [-0.05, 0) is 38.0 Å². The molecular formula is C18H28N4O2S.